The Balaban J connectivity index is 1.95. The van der Waals surface area contributed by atoms with Crippen LogP contribution >= 0.6 is 12.2 Å². The number of hydrogen-bond acceptors (Lipinski definition) is 4. The predicted molar refractivity (Wildman–Crippen MR) is 86.8 cm³/mol. The molecule has 0 saturated heterocycles. The van der Waals surface area contributed by atoms with Crippen molar-refractivity contribution in [3.63, 3.8) is 0 Å². The minimum absolute atomic E-state index is 0.0482. The van der Waals surface area contributed by atoms with Gasteiger partial charge in [0.2, 0.25) is 0 Å². The summed E-state index contributed by atoms with van der Waals surface area (Å²) in [6, 6.07) is 7.53. The molecule has 2 rings (SSSR count). The van der Waals surface area contributed by atoms with Crippen molar-refractivity contribution in [2.75, 3.05) is 30.1 Å². The minimum atomic E-state index is -3.07. The van der Waals surface area contributed by atoms with Crippen molar-refractivity contribution in [3.8, 4) is 0 Å². The second-order valence-electron chi connectivity index (χ2n) is 4.81. The van der Waals surface area contributed by atoms with Gasteiger partial charge < -0.3 is 15.5 Å². The number of anilines is 2. The van der Waals surface area contributed by atoms with Gasteiger partial charge in [0.05, 0.1) is 11.8 Å². The summed E-state index contributed by atoms with van der Waals surface area (Å²) in [4.78, 5) is 1.99. The Kier molecular flexibility index (Phi) is 4.29. The second-order valence-corrected chi connectivity index (χ2v) is 7.15. The van der Waals surface area contributed by atoms with E-state index in [4.69, 9.17) is 12.2 Å². The quantitative estimate of drug-likeness (QED) is 0.822. The Labute approximate surface area is 124 Å². The van der Waals surface area contributed by atoms with Crippen LogP contribution < -0.4 is 15.5 Å². The molecule has 2 N–H and O–H groups in total. The number of nitrogens with zero attached hydrogens (tertiary/aromatic N) is 1. The number of sulfone groups is 1. The van der Waals surface area contributed by atoms with Crippen LogP contribution in [0.1, 0.15) is 0 Å². The van der Waals surface area contributed by atoms with Gasteiger partial charge in [-0.25, -0.2) is 8.42 Å². The SMILES string of the molecule is CN(C)c1cccc(NC(=S)NC2C=CS(=O)(=O)C2)c1. The Morgan fingerprint density at radius 2 is 2.15 bits per heavy atom. The zero-order chi connectivity index (χ0) is 14.8. The topological polar surface area (TPSA) is 61.4 Å². The second kappa shape index (κ2) is 5.80. The first kappa shape index (κ1) is 14.8. The smallest absolute Gasteiger partial charge is 0.173 e. The fraction of sp³-hybridized carbons (Fsp3) is 0.308. The van der Waals surface area contributed by atoms with Crippen molar-refractivity contribution in [1.82, 2.24) is 5.32 Å². The molecular weight excluding hydrogens is 294 g/mol. The molecule has 20 heavy (non-hydrogen) atoms. The summed E-state index contributed by atoms with van der Waals surface area (Å²) in [6.45, 7) is 0. The van der Waals surface area contributed by atoms with Gasteiger partial charge >= 0.3 is 0 Å². The number of rotatable bonds is 3. The predicted octanol–water partition coefficient (Wildman–Crippen LogP) is 1.35. The van der Waals surface area contributed by atoms with Crippen LogP contribution in [-0.2, 0) is 9.84 Å². The molecule has 7 heteroatoms. The minimum Gasteiger partial charge on any atom is -0.378 e. The average Bonchev–Trinajstić information content (AvgIpc) is 2.68. The zero-order valence-corrected chi connectivity index (χ0v) is 13.0. The molecule has 0 amide bonds. The molecule has 0 spiro atoms. The van der Waals surface area contributed by atoms with Crippen molar-refractivity contribution in [2.45, 2.75) is 6.04 Å². The van der Waals surface area contributed by atoms with Gasteiger partial charge in [-0.2, -0.15) is 0 Å². The van der Waals surface area contributed by atoms with E-state index in [1.54, 1.807) is 6.08 Å². The van der Waals surface area contributed by atoms with E-state index in [1.807, 2.05) is 43.3 Å². The van der Waals surface area contributed by atoms with Crippen molar-refractivity contribution in [3.05, 3.63) is 35.7 Å². The standard InChI is InChI=1S/C13H17N3O2S2/c1-16(2)12-5-3-4-10(8-12)14-13(19)15-11-6-7-20(17,18)9-11/h3-8,11H,9H2,1-2H3,(H2,14,15,19). The van der Waals surface area contributed by atoms with E-state index in [0.29, 0.717) is 5.11 Å². The van der Waals surface area contributed by atoms with E-state index >= 15 is 0 Å². The van der Waals surface area contributed by atoms with Gasteiger partial charge in [-0.05, 0) is 36.5 Å². The van der Waals surface area contributed by atoms with Crippen molar-refractivity contribution in [2.24, 2.45) is 0 Å². The van der Waals surface area contributed by atoms with Gasteiger partial charge in [-0.3, -0.25) is 0 Å². The lowest BCUT2D eigenvalue weighted by atomic mass is 10.2. The molecule has 1 atom stereocenters. The van der Waals surface area contributed by atoms with Crippen LogP contribution in [0.5, 0.6) is 0 Å². The van der Waals surface area contributed by atoms with Crippen LogP contribution in [0.4, 0.5) is 11.4 Å². The molecule has 0 saturated carbocycles. The summed E-state index contributed by atoms with van der Waals surface area (Å²) in [5.74, 6) is 0.0482. The fourth-order valence-electron chi connectivity index (χ4n) is 1.86. The molecule has 0 radical (unpaired) electrons. The van der Waals surface area contributed by atoms with E-state index in [9.17, 15) is 8.42 Å². The number of thiocarbonyl (C=S) groups is 1. The van der Waals surface area contributed by atoms with Crippen molar-refractivity contribution < 1.29 is 8.42 Å². The average molecular weight is 311 g/mol. The van der Waals surface area contributed by atoms with E-state index < -0.39 is 9.84 Å². The van der Waals surface area contributed by atoms with Crippen LogP contribution in [0.25, 0.3) is 0 Å². The third-order valence-electron chi connectivity index (χ3n) is 2.87. The highest BCUT2D eigenvalue weighted by Gasteiger charge is 2.21. The molecule has 108 valence electrons. The summed E-state index contributed by atoms with van der Waals surface area (Å²) in [5.41, 5.74) is 1.92. The third kappa shape index (κ3) is 3.94. The Bertz CT molecular complexity index is 639. The Hall–Kier alpha value is -1.60. The van der Waals surface area contributed by atoms with Crippen LogP contribution in [0.15, 0.2) is 35.7 Å². The van der Waals surface area contributed by atoms with E-state index in [1.165, 1.54) is 5.41 Å². The van der Waals surface area contributed by atoms with Gasteiger partial charge in [0.15, 0.2) is 14.9 Å². The molecule has 1 heterocycles. The Morgan fingerprint density at radius 1 is 1.40 bits per heavy atom. The van der Waals surface area contributed by atoms with Crippen LogP contribution in [0, 0.1) is 0 Å². The maximum atomic E-state index is 11.3. The van der Waals surface area contributed by atoms with Gasteiger partial charge in [0.1, 0.15) is 0 Å². The highest BCUT2D eigenvalue weighted by Crippen LogP contribution is 2.17. The molecule has 1 aromatic carbocycles. The number of benzene rings is 1. The lowest BCUT2D eigenvalue weighted by molar-refractivity contribution is 0.603. The largest absolute Gasteiger partial charge is 0.378 e. The first-order valence-electron chi connectivity index (χ1n) is 6.11. The maximum absolute atomic E-state index is 11.3. The fourth-order valence-corrected chi connectivity index (χ4v) is 3.37. The molecule has 0 aromatic heterocycles. The molecule has 5 nitrogen and oxygen atoms in total. The lowest BCUT2D eigenvalue weighted by Crippen LogP contribution is -2.38. The third-order valence-corrected chi connectivity index (χ3v) is 4.48. The summed E-state index contributed by atoms with van der Waals surface area (Å²) >= 11 is 5.19. The first-order chi connectivity index (χ1) is 9.35. The van der Waals surface area contributed by atoms with E-state index in [2.05, 4.69) is 10.6 Å². The molecule has 0 fully saturated rings. The Morgan fingerprint density at radius 3 is 2.75 bits per heavy atom. The van der Waals surface area contributed by atoms with Crippen molar-refractivity contribution in [1.29, 1.82) is 0 Å². The molecule has 1 aliphatic rings. The summed E-state index contributed by atoms with van der Waals surface area (Å²) in [5, 5.41) is 7.66. The highest BCUT2D eigenvalue weighted by atomic mass is 32.2. The lowest BCUT2D eigenvalue weighted by Gasteiger charge is -2.17. The van der Waals surface area contributed by atoms with Crippen LogP contribution in [0.3, 0.4) is 0 Å². The maximum Gasteiger partial charge on any atom is 0.173 e. The monoisotopic (exact) mass is 311 g/mol. The zero-order valence-electron chi connectivity index (χ0n) is 11.3. The molecule has 1 aromatic rings. The molecular formula is C13H17N3O2S2. The van der Waals surface area contributed by atoms with E-state index in [0.717, 1.165) is 11.4 Å². The highest BCUT2D eigenvalue weighted by molar-refractivity contribution is 7.94. The number of nitrogens with one attached hydrogen (secondary N) is 2. The summed E-state index contributed by atoms with van der Waals surface area (Å²) in [6.07, 6.45) is 1.61. The van der Waals surface area contributed by atoms with Gasteiger partial charge in [0, 0.05) is 30.9 Å². The van der Waals surface area contributed by atoms with Gasteiger partial charge in [-0.1, -0.05) is 6.07 Å². The van der Waals surface area contributed by atoms with Crippen molar-refractivity contribution >= 4 is 38.5 Å². The van der Waals surface area contributed by atoms with Crippen LogP contribution in [-0.4, -0.2) is 39.4 Å². The summed E-state index contributed by atoms with van der Waals surface area (Å²) in [7, 11) is 0.855. The van der Waals surface area contributed by atoms with Crippen LogP contribution in [0.2, 0.25) is 0 Å². The summed E-state index contributed by atoms with van der Waals surface area (Å²) < 4.78 is 22.6. The molecule has 0 aliphatic carbocycles. The molecule has 1 aliphatic heterocycles. The van der Waals surface area contributed by atoms with Gasteiger partial charge in [0.25, 0.3) is 0 Å². The first-order valence-corrected chi connectivity index (χ1v) is 8.24. The van der Waals surface area contributed by atoms with Gasteiger partial charge in [-0.15, -0.1) is 0 Å². The molecule has 0 bridgehead atoms. The van der Waals surface area contributed by atoms with E-state index in [-0.39, 0.29) is 11.8 Å². The number of hydrogen-bond donors (Lipinski definition) is 2. The molecule has 1 unspecified atom stereocenters. The normalized spacial score (nSPS) is 19.6.